The molecule has 0 heterocycles. The van der Waals surface area contributed by atoms with Gasteiger partial charge in [-0.1, -0.05) is 13.8 Å². The van der Waals surface area contributed by atoms with Crippen molar-refractivity contribution in [3.8, 4) is 0 Å². The van der Waals surface area contributed by atoms with Crippen LogP contribution in [0.4, 0.5) is 0 Å². The molecule has 2 nitrogen and oxygen atoms in total. The first-order chi connectivity index (χ1) is 5.10. The second kappa shape index (κ2) is 3.47. The topological polar surface area (TPSA) is 37.3 Å². The molecule has 0 fully saturated rings. The third-order valence-electron chi connectivity index (χ3n) is 0.484. The van der Waals surface area contributed by atoms with Gasteiger partial charge in [0.1, 0.15) is 0 Å². The van der Waals surface area contributed by atoms with Gasteiger partial charge in [-0.15, -0.1) is 0 Å². The minimum Gasteiger partial charge on any atom is -0.481 e. The van der Waals surface area contributed by atoms with Crippen molar-refractivity contribution in [2.24, 2.45) is 5.89 Å². The van der Waals surface area contributed by atoms with Crippen molar-refractivity contribution in [3.05, 3.63) is 0 Å². The summed E-state index contributed by atoms with van der Waals surface area (Å²) in [6.07, 6.45) is -4.26. The maximum Gasteiger partial charge on any atom is 0.303 e. The van der Waals surface area contributed by atoms with Gasteiger partial charge in [-0.3, -0.25) is 4.79 Å². The molecular formula is C6H12O2. The lowest BCUT2D eigenvalue weighted by Crippen LogP contribution is -1.97. The van der Waals surface area contributed by atoms with E-state index in [0.717, 1.165) is 0 Å². The van der Waals surface area contributed by atoms with Crippen LogP contribution in [0.15, 0.2) is 0 Å². The number of hydrogen-bond donors (Lipinski definition) is 1. The van der Waals surface area contributed by atoms with Crippen LogP contribution in [-0.2, 0) is 4.79 Å². The Bertz CT molecular complexity index is 184. The van der Waals surface area contributed by atoms with Gasteiger partial charge in [-0.05, 0) is 12.3 Å². The number of carboxylic acids is 1. The van der Waals surface area contributed by atoms with Gasteiger partial charge < -0.3 is 5.11 Å². The van der Waals surface area contributed by atoms with E-state index in [9.17, 15) is 4.79 Å². The van der Waals surface area contributed by atoms with Crippen LogP contribution in [-0.4, -0.2) is 11.1 Å². The first kappa shape index (κ1) is 2.85. The summed E-state index contributed by atoms with van der Waals surface area (Å²) in [5, 5.41) is 8.37. The van der Waals surface area contributed by atoms with Gasteiger partial charge >= 0.3 is 5.97 Å². The smallest absolute Gasteiger partial charge is 0.303 e. The summed E-state index contributed by atoms with van der Waals surface area (Å²) in [6, 6.07) is 0. The predicted molar refractivity (Wildman–Crippen MR) is 31.7 cm³/mol. The highest BCUT2D eigenvalue weighted by atomic mass is 16.4. The molecule has 48 valence electrons. The molecule has 0 unspecified atom stereocenters. The Morgan fingerprint density at radius 3 is 2.62 bits per heavy atom. The highest BCUT2D eigenvalue weighted by molar-refractivity contribution is 5.66. The zero-order valence-electron chi connectivity index (χ0n) is 8.93. The van der Waals surface area contributed by atoms with E-state index in [-0.39, 0.29) is 0 Å². The fourth-order valence-electron chi connectivity index (χ4n) is 0.206. The van der Waals surface area contributed by atoms with Crippen LogP contribution >= 0.6 is 0 Å². The maximum atomic E-state index is 10.3. The van der Waals surface area contributed by atoms with Gasteiger partial charge in [0.05, 0.1) is 0 Å². The molecule has 2 heteroatoms. The third kappa shape index (κ3) is 5.47. The molecule has 0 saturated carbocycles. The second-order valence-electron chi connectivity index (χ2n) is 1.63. The fourth-order valence-corrected chi connectivity index (χ4v) is 0.206. The lowest BCUT2D eigenvalue weighted by atomic mass is 10.1. The van der Waals surface area contributed by atoms with Crippen LogP contribution in [0, 0.1) is 5.89 Å². The Hall–Kier alpha value is -0.530. The third-order valence-corrected chi connectivity index (χ3v) is 0.484. The zero-order chi connectivity index (χ0) is 10.2. The van der Waals surface area contributed by atoms with Gasteiger partial charge in [0.25, 0.3) is 0 Å². The van der Waals surface area contributed by atoms with Crippen LogP contribution in [0.1, 0.15) is 32.1 Å². The van der Waals surface area contributed by atoms with E-state index in [1.165, 1.54) is 13.8 Å². The molecular weight excluding hydrogens is 104 g/mol. The quantitative estimate of drug-likeness (QED) is 0.613. The molecule has 0 aliphatic carbocycles. The summed E-state index contributed by atoms with van der Waals surface area (Å²) in [7, 11) is 0. The van der Waals surface area contributed by atoms with Crippen molar-refractivity contribution in [2.75, 3.05) is 0 Å². The van der Waals surface area contributed by atoms with E-state index in [1.807, 2.05) is 0 Å². The van der Waals surface area contributed by atoms with Crippen molar-refractivity contribution in [1.82, 2.24) is 0 Å². The van der Waals surface area contributed by atoms with Crippen molar-refractivity contribution >= 4 is 5.97 Å². The average molecular weight is 120 g/mol. The highest BCUT2D eigenvalue weighted by Crippen LogP contribution is 2.01. The molecule has 8 heavy (non-hydrogen) atoms. The average Bonchev–Trinajstić information content (AvgIpc) is 1.83. The summed E-state index contributed by atoms with van der Waals surface area (Å²) in [5.41, 5.74) is 0. The SMILES string of the molecule is [2H][C@@H](C(=O)O)C([2H])([2H])C([2H])(C)C. The van der Waals surface area contributed by atoms with E-state index in [2.05, 4.69) is 0 Å². The molecule has 0 aliphatic heterocycles. The fraction of sp³-hybridized carbons (Fsp3) is 0.833. The molecule has 1 N–H and O–H groups in total. The Morgan fingerprint density at radius 2 is 2.50 bits per heavy atom. The van der Waals surface area contributed by atoms with Crippen LogP contribution < -0.4 is 0 Å². The summed E-state index contributed by atoms with van der Waals surface area (Å²) < 4.78 is 28.7. The van der Waals surface area contributed by atoms with Crippen LogP contribution in [0.5, 0.6) is 0 Å². The van der Waals surface area contributed by atoms with Crippen molar-refractivity contribution < 1.29 is 15.4 Å². The Kier molecular flexibility index (Phi) is 1.24. The number of carboxylic acid groups (broad SMARTS) is 1. The van der Waals surface area contributed by atoms with Crippen molar-refractivity contribution in [2.45, 2.75) is 26.6 Å². The molecule has 0 rings (SSSR count). The van der Waals surface area contributed by atoms with Crippen LogP contribution in [0.3, 0.4) is 0 Å². The minimum absolute atomic E-state index is 1.25. The van der Waals surface area contributed by atoms with E-state index in [0.29, 0.717) is 0 Å². The first-order valence-electron chi connectivity index (χ1n) is 4.33. The molecule has 0 aromatic rings. The highest BCUT2D eigenvalue weighted by Gasteiger charge is 1.97. The zero-order valence-corrected chi connectivity index (χ0v) is 4.93. The summed E-state index contributed by atoms with van der Waals surface area (Å²) >= 11 is 0. The Labute approximate surface area is 55.1 Å². The molecule has 1 atom stereocenters. The lowest BCUT2D eigenvalue weighted by molar-refractivity contribution is -0.137. The Morgan fingerprint density at radius 1 is 2.00 bits per heavy atom. The summed E-state index contributed by atoms with van der Waals surface area (Å²) in [5.74, 6) is -3.13. The van der Waals surface area contributed by atoms with E-state index in [4.69, 9.17) is 10.6 Å². The van der Waals surface area contributed by atoms with Crippen molar-refractivity contribution in [3.63, 3.8) is 0 Å². The number of aliphatic carboxylic acids is 1. The van der Waals surface area contributed by atoms with Gasteiger partial charge in [-0.2, -0.15) is 0 Å². The molecule has 0 radical (unpaired) electrons. The number of carbonyl (C=O) groups is 1. The number of hydrogen-bond acceptors (Lipinski definition) is 1. The lowest BCUT2D eigenvalue weighted by Gasteiger charge is -1.97. The normalized spacial score (nSPS) is 24.2. The van der Waals surface area contributed by atoms with Crippen LogP contribution in [0.25, 0.3) is 0 Å². The molecule has 0 aromatic heterocycles. The standard InChI is InChI=1S/C6H12O2/c1-5(2)3-4-6(7)8/h5H,3-4H2,1-2H3,(H,7,8)/i3D2,4D,5D/t4-/m1/s1. The molecule has 0 aromatic carbocycles. The second-order valence-corrected chi connectivity index (χ2v) is 1.63. The number of rotatable bonds is 3. The molecule has 0 amide bonds. The monoisotopic (exact) mass is 120 g/mol. The predicted octanol–water partition coefficient (Wildman–Crippen LogP) is 1.51. The molecule has 0 spiro atoms. The minimum atomic E-state index is -2.35. The van der Waals surface area contributed by atoms with E-state index in [1.54, 1.807) is 0 Å². The van der Waals surface area contributed by atoms with Gasteiger partial charge in [0, 0.05) is 11.9 Å². The summed E-state index contributed by atoms with van der Waals surface area (Å²) in [4.78, 5) is 10.3. The molecule has 0 bridgehead atoms. The largest absolute Gasteiger partial charge is 0.481 e. The Balaban J connectivity index is 4.73. The van der Waals surface area contributed by atoms with Gasteiger partial charge in [-0.25, -0.2) is 0 Å². The van der Waals surface area contributed by atoms with Crippen LogP contribution in [0.2, 0.25) is 0 Å². The van der Waals surface area contributed by atoms with Gasteiger partial charge in [0.2, 0.25) is 0 Å². The summed E-state index contributed by atoms with van der Waals surface area (Å²) in [6.45, 7) is 2.50. The maximum absolute atomic E-state index is 10.3. The van der Waals surface area contributed by atoms with E-state index < -0.39 is 24.6 Å². The van der Waals surface area contributed by atoms with Crippen molar-refractivity contribution in [1.29, 1.82) is 0 Å². The first-order valence-corrected chi connectivity index (χ1v) is 2.26. The molecule has 0 saturated heterocycles. The molecule has 0 aliphatic rings. The van der Waals surface area contributed by atoms with E-state index >= 15 is 0 Å². The van der Waals surface area contributed by atoms with Gasteiger partial charge in [0.15, 0.2) is 0 Å².